The van der Waals surface area contributed by atoms with E-state index < -0.39 is 0 Å². The van der Waals surface area contributed by atoms with Crippen LogP contribution < -0.4 is 10.1 Å². The SMILES string of the molecule is CCN(CC(=O)Nc1ccc(OC)cc1)Cc1ncc(-c2ccc(F)cc2)o1. The summed E-state index contributed by atoms with van der Waals surface area (Å²) in [6.07, 6.45) is 1.60. The standard InChI is InChI=1S/C21H22FN3O3/c1-3-25(13-20(26)24-17-8-10-18(27-2)11-9-17)14-21-23-12-19(28-21)15-4-6-16(22)7-5-15/h4-12H,3,13-14H2,1-2H3,(H,24,26). The highest BCUT2D eigenvalue weighted by atomic mass is 19.1. The highest BCUT2D eigenvalue weighted by Crippen LogP contribution is 2.21. The van der Waals surface area contributed by atoms with Crippen molar-refractivity contribution in [2.75, 3.05) is 25.5 Å². The highest BCUT2D eigenvalue weighted by Gasteiger charge is 2.14. The number of nitrogens with one attached hydrogen (secondary N) is 1. The van der Waals surface area contributed by atoms with Crippen LogP contribution >= 0.6 is 0 Å². The van der Waals surface area contributed by atoms with Crippen LogP contribution in [-0.2, 0) is 11.3 Å². The Kier molecular flexibility index (Phi) is 6.39. The average Bonchev–Trinajstić information content (AvgIpc) is 3.17. The Labute approximate surface area is 162 Å². The van der Waals surface area contributed by atoms with Gasteiger partial charge in [0.15, 0.2) is 5.76 Å². The number of ether oxygens (including phenoxy) is 1. The number of halogens is 1. The molecule has 0 fully saturated rings. The Morgan fingerprint density at radius 3 is 2.54 bits per heavy atom. The molecular formula is C21H22FN3O3. The summed E-state index contributed by atoms with van der Waals surface area (Å²) in [5.74, 6) is 1.36. The number of aromatic nitrogens is 1. The topological polar surface area (TPSA) is 67.6 Å². The van der Waals surface area contributed by atoms with Gasteiger partial charge in [-0.05, 0) is 55.1 Å². The first-order chi connectivity index (χ1) is 13.6. The zero-order valence-corrected chi connectivity index (χ0v) is 15.8. The average molecular weight is 383 g/mol. The van der Waals surface area contributed by atoms with E-state index in [-0.39, 0.29) is 18.3 Å². The number of carbonyl (C=O) groups excluding carboxylic acids is 1. The van der Waals surface area contributed by atoms with E-state index in [2.05, 4.69) is 10.3 Å². The molecule has 0 saturated carbocycles. The van der Waals surface area contributed by atoms with Crippen LogP contribution in [0.2, 0.25) is 0 Å². The molecule has 0 atom stereocenters. The second kappa shape index (κ2) is 9.14. The van der Waals surface area contributed by atoms with E-state index in [1.165, 1.54) is 12.1 Å². The molecule has 3 aromatic rings. The maximum absolute atomic E-state index is 13.0. The number of amides is 1. The van der Waals surface area contributed by atoms with Crippen LogP contribution in [0.15, 0.2) is 59.1 Å². The number of hydrogen-bond donors (Lipinski definition) is 1. The summed E-state index contributed by atoms with van der Waals surface area (Å²) >= 11 is 0. The quantitative estimate of drug-likeness (QED) is 0.638. The summed E-state index contributed by atoms with van der Waals surface area (Å²) in [5.41, 5.74) is 1.46. The molecule has 2 aromatic carbocycles. The normalized spacial score (nSPS) is 10.9. The largest absolute Gasteiger partial charge is 0.497 e. The maximum Gasteiger partial charge on any atom is 0.238 e. The summed E-state index contributed by atoms with van der Waals surface area (Å²) < 4.78 is 23.9. The van der Waals surface area contributed by atoms with E-state index in [0.717, 1.165) is 11.3 Å². The molecule has 0 aliphatic rings. The predicted molar refractivity (Wildman–Crippen MR) is 104 cm³/mol. The number of nitrogens with zero attached hydrogens (tertiary/aromatic N) is 2. The molecule has 0 aliphatic carbocycles. The van der Waals surface area contributed by atoms with E-state index in [4.69, 9.17) is 9.15 Å². The molecule has 6 nitrogen and oxygen atoms in total. The maximum atomic E-state index is 13.0. The monoisotopic (exact) mass is 383 g/mol. The Balaban J connectivity index is 1.57. The van der Waals surface area contributed by atoms with Crippen LogP contribution in [-0.4, -0.2) is 36.0 Å². The van der Waals surface area contributed by atoms with Gasteiger partial charge in [0.2, 0.25) is 11.8 Å². The van der Waals surface area contributed by atoms with Crippen LogP contribution in [0.25, 0.3) is 11.3 Å². The van der Waals surface area contributed by atoms with Gasteiger partial charge in [-0.25, -0.2) is 9.37 Å². The molecular weight excluding hydrogens is 361 g/mol. The minimum atomic E-state index is -0.302. The van der Waals surface area contributed by atoms with Crippen molar-refractivity contribution >= 4 is 11.6 Å². The van der Waals surface area contributed by atoms with Gasteiger partial charge in [-0.2, -0.15) is 0 Å². The van der Waals surface area contributed by atoms with Gasteiger partial charge in [0.1, 0.15) is 11.6 Å². The molecule has 146 valence electrons. The number of methoxy groups -OCH3 is 1. The van der Waals surface area contributed by atoms with Gasteiger partial charge in [0.05, 0.1) is 26.4 Å². The molecule has 0 aliphatic heterocycles. The molecule has 0 radical (unpaired) electrons. The van der Waals surface area contributed by atoms with E-state index >= 15 is 0 Å². The molecule has 7 heteroatoms. The summed E-state index contributed by atoms with van der Waals surface area (Å²) in [4.78, 5) is 18.5. The van der Waals surface area contributed by atoms with E-state index in [1.807, 2.05) is 11.8 Å². The molecule has 1 amide bonds. The third kappa shape index (κ3) is 5.17. The third-order valence-corrected chi connectivity index (χ3v) is 4.23. The molecule has 3 rings (SSSR count). The van der Waals surface area contributed by atoms with Gasteiger partial charge in [0.25, 0.3) is 0 Å². The molecule has 0 spiro atoms. The second-order valence-electron chi connectivity index (χ2n) is 6.21. The van der Waals surface area contributed by atoms with Gasteiger partial charge < -0.3 is 14.5 Å². The lowest BCUT2D eigenvalue weighted by molar-refractivity contribution is -0.117. The van der Waals surface area contributed by atoms with Gasteiger partial charge >= 0.3 is 0 Å². The predicted octanol–water partition coefficient (Wildman–Crippen LogP) is 3.95. The van der Waals surface area contributed by atoms with Crippen LogP contribution in [0.5, 0.6) is 5.75 Å². The molecule has 28 heavy (non-hydrogen) atoms. The zero-order chi connectivity index (χ0) is 19.9. The molecule has 1 N–H and O–H groups in total. The Hall–Kier alpha value is -3.19. The zero-order valence-electron chi connectivity index (χ0n) is 15.8. The number of likely N-dealkylation sites (N-methyl/N-ethyl adjacent to an activating group) is 1. The lowest BCUT2D eigenvalue weighted by Gasteiger charge is -2.18. The number of rotatable bonds is 8. The van der Waals surface area contributed by atoms with E-state index in [9.17, 15) is 9.18 Å². The summed E-state index contributed by atoms with van der Waals surface area (Å²) in [6.45, 7) is 3.22. The number of oxazole rings is 1. The first-order valence-electron chi connectivity index (χ1n) is 8.94. The summed E-state index contributed by atoms with van der Waals surface area (Å²) in [6, 6.07) is 13.2. The smallest absolute Gasteiger partial charge is 0.238 e. The summed E-state index contributed by atoms with van der Waals surface area (Å²) in [7, 11) is 1.59. The van der Waals surface area contributed by atoms with Crippen molar-refractivity contribution in [3.63, 3.8) is 0 Å². The van der Waals surface area contributed by atoms with Crippen LogP contribution in [0.3, 0.4) is 0 Å². The van der Waals surface area contributed by atoms with E-state index in [1.54, 1.807) is 49.7 Å². The number of anilines is 1. The molecule has 1 heterocycles. The van der Waals surface area contributed by atoms with Gasteiger partial charge in [-0.3, -0.25) is 9.69 Å². The minimum Gasteiger partial charge on any atom is -0.497 e. The van der Waals surface area contributed by atoms with Crippen LogP contribution in [0.1, 0.15) is 12.8 Å². The molecule has 0 unspecified atom stereocenters. The van der Waals surface area contributed by atoms with Crippen LogP contribution in [0.4, 0.5) is 10.1 Å². The first-order valence-corrected chi connectivity index (χ1v) is 8.94. The van der Waals surface area contributed by atoms with Crippen LogP contribution in [0, 0.1) is 5.82 Å². The summed E-state index contributed by atoms with van der Waals surface area (Å²) in [5, 5.41) is 2.86. The van der Waals surface area contributed by atoms with Crippen molar-refractivity contribution < 1.29 is 18.3 Å². The Morgan fingerprint density at radius 2 is 1.89 bits per heavy atom. The van der Waals surface area contributed by atoms with Gasteiger partial charge in [0, 0.05) is 11.3 Å². The van der Waals surface area contributed by atoms with Gasteiger partial charge in [-0.1, -0.05) is 6.92 Å². The van der Waals surface area contributed by atoms with Crippen molar-refractivity contribution in [3.05, 3.63) is 66.4 Å². The first kappa shape index (κ1) is 19.6. The van der Waals surface area contributed by atoms with Crippen molar-refractivity contribution in [1.29, 1.82) is 0 Å². The second-order valence-corrected chi connectivity index (χ2v) is 6.21. The molecule has 1 aromatic heterocycles. The number of hydrogen-bond acceptors (Lipinski definition) is 5. The fraction of sp³-hybridized carbons (Fsp3) is 0.238. The minimum absolute atomic E-state index is 0.127. The number of carbonyl (C=O) groups is 1. The lowest BCUT2D eigenvalue weighted by atomic mass is 10.2. The fourth-order valence-electron chi connectivity index (χ4n) is 2.68. The third-order valence-electron chi connectivity index (χ3n) is 4.23. The Bertz CT molecular complexity index is 907. The van der Waals surface area contributed by atoms with Crippen molar-refractivity contribution in [3.8, 4) is 17.1 Å². The Morgan fingerprint density at radius 1 is 1.18 bits per heavy atom. The molecule has 0 saturated heterocycles. The molecule has 0 bridgehead atoms. The fourth-order valence-corrected chi connectivity index (χ4v) is 2.68. The van der Waals surface area contributed by atoms with Gasteiger partial charge in [-0.15, -0.1) is 0 Å². The van der Waals surface area contributed by atoms with Crippen molar-refractivity contribution in [2.24, 2.45) is 0 Å². The number of benzene rings is 2. The highest BCUT2D eigenvalue weighted by molar-refractivity contribution is 5.92. The van der Waals surface area contributed by atoms with Crippen molar-refractivity contribution in [2.45, 2.75) is 13.5 Å². The van der Waals surface area contributed by atoms with E-state index in [0.29, 0.717) is 30.4 Å². The van der Waals surface area contributed by atoms with Crippen molar-refractivity contribution in [1.82, 2.24) is 9.88 Å². The lowest BCUT2D eigenvalue weighted by Crippen LogP contribution is -2.32.